The first kappa shape index (κ1) is 12.1. The molecule has 0 unspecified atom stereocenters. The number of carboxylic acid groups (broad SMARTS) is 1. The summed E-state index contributed by atoms with van der Waals surface area (Å²) in [6.07, 6.45) is 1.23. The molecule has 0 aliphatic heterocycles. The quantitative estimate of drug-likeness (QED) is 0.743. The summed E-state index contributed by atoms with van der Waals surface area (Å²) < 4.78 is 0. The fourth-order valence-electron chi connectivity index (χ4n) is 2.03. The largest absolute Gasteiger partial charge is 0.477 e. The van der Waals surface area contributed by atoms with Crippen LogP contribution in [0.1, 0.15) is 10.4 Å². The van der Waals surface area contributed by atoms with E-state index in [0.29, 0.717) is 5.82 Å². The minimum absolute atomic E-state index is 0.0318. The van der Waals surface area contributed by atoms with Crippen molar-refractivity contribution >= 4 is 22.6 Å². The predicted molar refractivity (Wildman–Crippen MR) is 76.3 cm³/mol. The Kier molecular flexibility index (Phi) is 2.80. The Morgan fingerprint density at radius 3 is 2.55 bits per heavy atom. The molecule has 0 radical (unpaired) electrons. The molecule has 0 aliphatic carbocycles. The second-order valence-corrected chi connectivity index (χ2v) is 4.36. The summed E-state index contributed by atoms with van der Waals surface area (Å²) in [6.45, 7) is 0. The Labute approximate surface area is 114 Å². The summed E-state index contributed by atoms with van der Waals surface area (Å²) in [6, 6.07) is 13.7. The van der Waals surface area contributed by atoms with Gasteiger partial charge in [0.1, 0.15) is 11.4 Å². The molecule has 98 valence electrons. The summed E-state index contributed by atoms with van der Waals surface area (Å²) in [4.78, 5) is 19.0. The fourth-order valence-corrected chi connectivity index (χ4v) is 2.03. The molecule has 3 aromatic rings. The van der Waals surface area contributed by atoms with E-state index in [0.717, 1.165) is 16.3 Å². The Bertz CT molecular complexity index is 815. The third-order valence-corrected chi connectivity index (χ3v) is 3.06. The number of hydrogen-bond acceptors (Lipinski definition) is 4. The zero-order valence-electron chi connectivity index (χ0n) is 10.4. The molecular weight excluding hydrogens is 254 g/mol. The van der Waals surface area contributed by atoms with Gasteiger partial charge in [-0.3, -0.25) is 0 Å². The second-order valence-electron chi connectivity index (χ2n) is 4.36. The molecule has 3 rings (SSSR count). The highest BCUT2D eigenvalue weighted by Crippen LogP contribution is 2.23. The molecule has 0 saturated heterocycles. The van der Waals surface area contributed by atoms with E-state index in [1.165, 1.54) is 6.20 Å². The van der Waals surface area contributed by atoms with Crippen molar-refractivity contribution in [1.29, 1.82) is 0 Å². The molecule has 0 atom stereocenters. The van der Waals surface area contributed by atoms with Gasteiger partial charge in [0, 0.05) is 11.8 Å². The number of carbonyl (C=O) groups is 1. The molecule has 0 bridgehead atoms. The fraction of sp³-hybridized carbons (Fsp3) is 0. The van der Waals surface area contributed by atoms with E-state index in [9.17, 15) is 4.79 Å². The molecule has 2 aromatic carbocycles. The molecule has 3 N–H and O–H groups in total. The molecule has 5 nitrogen and oxygen atoms in total. The van der Waals surface area contributed by atoms with Crippen molar-refractivity contribution in [3.05, 3.63) is 54.2 Å². The third kappa shape index (κ3) is 2.05. The first-order valence-electron chi connectivity index (χ1n) is 6.00. The van der Waals surface area contributed by atoms with Crippen LogP contribution >= 0.6 is 0 Å². The summed E-state index contributed by atoms with van der Waals surface area (Å²) in [5.41, 5.74) is 6.35. The van der Waals surface area contributed by atoms with Crippen LogP contribution in [0.2, 0.25) is 0 Å². The number of nitrogen functional groups attached to an aromatic ring is 1. The summed E-state index contributed by atoms with van der Waals surface area (Å²) >= 11 is 0. The average Bonchev–Trinajstić information content (AvgIpc) is 2.46. The molecule has 0 aliphatic rings. The summed E-state index contributed by atoms with van der Waals surface area (Å²) in [5, 5.41) is 11.1. The smallest absolute Gasteiger partial charge is 0.341 e. The van der Waals surface area contributed by atoms with Gasteiger partial charge in [0.2, 0.25) is 0 Å². The van der Waals surface area contributed by atoms with E-state index in [1.54, 1.807) is 0 Å². The Hall–Kier alpha value is -2.95. The van der Waals surface area contributed by atoms with Crippen LogP contribution in [0.4, 0.5) is 5.82 Å². The van der Waals surface area contributed by atoms with Crippen molar-refractivity contribution < 1.29 is 9.90 Å². The SMILES string of the molecule is Nc1nc(-c2ccc3ccccc3c2)ncc1C(=O)O. The minimum atomic E-state index is -1.13. The number of hydrogen-bond donors (Lipinski definition) is 2. The van der Waals surface area contributed by atoms with E-state index in [-0.39, 0.29) is 11.4 Å². The molecular formula is C15H11N3O2. The first-order valence-corrected chi connectivity index (χ1v) is 6.00. The average molecular weight is 265 g/mol. The lowest BCUT2D eigenvalue weighted by Gasteiger charge is -2.05. The molecule has 0 saturated carbocycles. The number of aromatic nitrogens is 2. The van der Waals surface area contributed by atoms with Crippen molar-refractivity contribution in [2.45, 2.75) is 0 Å². The number of rotatable bonds is 2. The number of fused-ring (bicyclic) bond motifs is 1. The van der Waals surface area contributed by atoms with Gasteiger partial charge in [0.25, 0.3) is 0 Å². The topological polar surface area (TPSA) is 89.1 Å². The Morgan fingerprint density at radius 2 is 1.85 bits per heavy atom. The van der Waals surface area contributed by atoms with Crippen LogP contribution in [0.3, 0.4) is 0 Å². The van der Waals surface area contributed by atoms with Crippen LogP contribution in [0.5, 0.6) is 0 Å². The molecule has 1 heterocycles. The lowest BCUT2D eigenvalue weighted by atomic mass is 10.1. The van der Waals surface area contributed by atoms with Crippen molar-refractivity contribution in [3.8, 4) is 11.4 Å². The van der Waals surface area contributed by atoms with Gasteiger partial charge < -0.3 is 10.8 Å². The van der Waals surface area contributed by atoms with Gasteiger partial charge in [-0.2, -0.15) is 0 Å². The second kappa shape index (κ2) is 4.62. The zero-order chi connectivity index (χ0) is 14.1. The van der Waals surface area contributed by atoms with Crippen molar-refractivity contribution in [2.75, 3.05) is 5.73 Å². The van der Waals surface area contributed by atoms with E-state index < -0.39 is 5.97 Å². The highest BCUT2D eigenvalue weighted by molar-refractivity contribution is 5.92. The molecule has 1 aromatic heterocycles. The van der Waals surface area contributed by atoms with Gasteiger partial charge in [-0.05, 0) is 16.8 Å². The molecule has 0 amide bonds. The predicted octanol–water partition coefficient (Wildman–Crippen LogP) is 2.58. The van der Waals surface area contributed by atoms with E-state index in [2.05, 4.69) is 9.97 Å². The van der Waals surface area contributed by atoms with E-state index in [1.807, 2.05) is 42.5 Å². The van der Waals surface area contributed by atoms with Crippen molar-refractivity contribution in [1.82, 2.24) is 9.97 Å². The number of nitrogens with two attached hydrogens (primary N) is 1. The maximum absolute atomic E-state index is 10.9. The highest BCUT2D eigenvalue weighted by Gasteiger charge is 2.11. The minimum Gasteiger partial charge on any atom is -0.477 e. The first-order chi connectivity index (χ1) is 9.65. The highest BCUT2D eigenvalue weighted by atomic mass is 16.4. The van der Waals surface area contributed by atoms with Crippen LogP contribution in [-0.4, -0.2) is 21.0 Å². The molecule has 0 fully saturated rings. The Balaban J connectivity index is 2.11. The zero-order valence-corrected chi connectivity index (χ0v) is 10.4. The number of anilines is 1. The normalized spacial score (nSPS) is 10.6. The number of aromatic carboxylic acids is 1. The third-order valence-electron chi connectivity index (χ3n) is 3.06. The van der Waals surface area contributed by atoms with Gasteiger partial charge in [-0.15, -0.1) is 0 Å². The van der Waals surface area contributed by atoms with Gasteiger partial charge in [0.05, 0.1) is 0 Å². The van der Waals surface area contributed by atoms with Crippen molar-refractivity contribution in [3.63, 3.8) is 0 Å². The van der Waals surface area contributed by atoms with E-state index >= 15 is 0 Å². The lowest BCUT2D eigenvalue weighted by Crippen LogP contribution is -2.06. The van der Waals surface area contributed by atoms with Crippen LogP contribution in [-0.2, 0) is 0 Å². The standard InChI is InChI=1S/C15H11N3O2/c16-13-12(15(19)20)8-17-14(18-13)11-6-5-9-3-1-2-4-10(9)7-11/h1-8H,(H,19,20)(H2,16,17,18). The number of benzene rings is 2. The molecule has 0 spiro atoms. The van der Waals surface area contributed by atoms with Gasteiger partial charge in [-0.25, -0.2) is 14.8 Å². The molecule has 20 heavy (non-hydrogen) atoms. The van der Waals surface area contributed by atoms with Crippen molar-refractivity contribution in [2.24, 2.45) is 0 Å². The van der Waals surface area contributed by atoms with Gasteiger partial charge in [0.15, 0.2) is 5.82 Å². The maximum atomic E-state index is 10.9. The molecule has 5 heteroatoms. The lowest BCUT2D eigenvalue weighted by molar-refractivity contribution is 0.0697. The Morgan fingerprint density at radius 1 is 1.10 bits per heavy atom. The van der Waals surface area contributed by atoms with E-state index in [4.69, 9.17) is 10.8 Å². The van der Waals surface area contributed by atoms with Gasteiger partial charge in [-0.1, -0.05) is 36.4 Å². The number of nitrogens with zero attached hydrogens (tertiary/aromatic N) is 2. The van der Waals surface area contributed by atoms with Gasteiger partial charge >= 0.3 is 5.97 Å². The van der Waals surface area contributed by atoms with Crippen LogP contribution < -0.4 is 5.73 Å². The van der Waals surface area contributed by atoms with Crippen LogP contribution in [0.25, 0.3) is 22.2 Å². The van der Waals surface area contributed by atoms with Crippen LogP contribution in [0.15, 0.2) is 48.7 Å². The number of carboxylic acids is 1. The van der Waals surface area contributed by atoms with Crippen LogP contribution in [0, 0.1) is 0 Å². The monoisotopic (exact) mass is 265 g/mol. The maximum Gasteiger partial charge on any atom is 0.341 e. The summed E-state index contributed by atoms with van der Waals surface area (Å²) in [7, 11) is 0. The summed E-state index contributed by atoms with van der Waals surface area (Å²) in [5.74, 6) is -0.749.